The molecule has 2 heterocycles. The standard InChI is InChI=1S/C13H23N3OS/c1-11-12(18-10-15-11)6-16(2)8-13(7-14)4-3-5-17-9-13/h10H,3-9,14H2,1-2H3. The molecule has 18 heavy (non-hydrogen) atoms. The summed E-state index contributed by atoms with van der Waals surface area (Å²) in [5, 5.41) is 0. The third-order valence-electron chi connectivity index (χ3n) is 3.70. The van der Waals surface area contributed by atoms with Crippen LogP contribution >= 0.6 is 11.3 Å². The summed E-state index contributed by atoms with van der Waals surface area (Å²) in [5.41, 5.74) is 9.18. The Balaban J connectivity index is 1.93. The summed E-state index contributed by atoms with van der Waals surface area (Å²) < 4.78 is 5.62. The highest BCUT2D eigenvalue weighted by molar-refractivity contribution is 7.09. The van der Waals surface area contributed by atoms with Crippen LogP contribution in [-0.2, 0) is 11.3 Å². The lowest BCUT2D eigenvalue weighted by atomic mass is 9.82. The van der Waals surface area contributed by atoms with E-state index in [0.29, 0.717) is 6.54 Å². The largest absolute Gasteiger partial charge is 0.381 e. The second-order valence-electron chi connectivity index (χ2n) is 5.39. The highest BCUT2D eigenvalue weighted by atomic mass is 32.1. The minimum atomic E-state index is 0.144. The van der Waals surface area contributed by atoms with Crippen molar-refractivity contribution >= 4 is 11.3 Å². The molecule has 1 aliphatic heterocycles. The van der Waals surface area contributed by atoms with Gasteiger partial charge in [0.25, 0.3) is 0 Å². The summed E-state index contributed by atoms with van der Waals surface area (Å²) in [6.45, 7) is 6.43. The van der Waals surface area contributed by atoms with Crippen LogP contribution in [0.2, 0.25) is 0 Å². The van der Waals surface area contributed by atoms with Crippen molar-refractivity contribution in [2.45, 2.75) is 26.3 Å². The van der Waals surface area contributed by atoms with Gasteiger partial charge in [-0.1, -0.05) is 0 Å². The van der Waals surface area contributed by atoms with Gasteiger partial charge in [0.1, 0.15) is 0 Å². The third-order valence-corrected chi connectivity index (χ3v) is 4.62. The Morgan fingerprint density at radius 3 is 3.00 bits per heavy atom. The van der Waals surface area contributed by atoms with E-state index < -0.39 is 0 Å². The van der Waals surface area contributed by atoms with Gasteiger partial charge in [0.2, 0.25) is 0 Å². The van der Waals surface area contributed by atoms with E-state index in [1.807, 2.05) is 5.51 Å². The van der Waals surface area contributed by atoms with E-state index in [0.717, 1.165) is 38.4 Å². The summed E-state index contributed by atoms with van der Waals surface area (Å²) >= 11 is 1.73. The molecule has 2 rings (SSSR count). The number of hydrogen-bond donors (Lipinski definition) is 1. The summed E-state index contributed by atoms with van der Waals surface area (Å²) in [6.07, 6.45) is 2.31. The molecule has 1 aliphatic rings. The number of aromatic nitrogens is 1. The van der Waals surface area contributed by atoms with Crippen LogP contribution < -0.4 is 5.73 Å². The second-order valence-corrected chi connectivity index (χ2v) is 6.33. The van der Waals surface area contributed by atoms with Gasteiger partial charge in [0.15, 0.2) is 0 Å². The van der Waals surface area contributed by atoms with Crippen LogP contribution in [0.1, 0.15) is 23.4 Å². The van der Waals surface area contributed by atoms with E-state index in [4.69, 9.17) is 10.5 Å². The molecule has 0 bridgehead atoms. The molecule has 5 heteroatoms. The molecule has 0 radical (unpaired) electrons. The molecule has 1 atom stereocenters. The molecule has 0 aromatic carbocycles. The Labute approximate surface area is 113 Å². The molecule has 0 saturated carbocycles. The quantitative estimate of drug-likeness (QED) is 0.883. The molecule has 1 aromatic rings. The number of nitrogens with two attached hydrogens (primary N) is 1. The highest BCUT2D eigenvalue weighted by Gasteiger charge is 2.32. The van der Waals surface area contributed by atoms with Gasteiger partial charge in [-0.25, -0.2) is 4.98 Å². The zero-order valence-corrected chi connectivity index (χ0v) is 12.1. The number of ether oxygens (including phenoxy) is 1. The van der Waals surface area contributed by atoms with Crippen molar-refractivity contribution in [1.82, 2.24) is 9.88 Å². The van der Waals surface area contributed by atoms with Crippen LogP contribution in [0.5, 0.6) is 0 Å². The number of rotatable bonds is 5. The normalized spacial score (nSPS) is 24.7. The van der Waals surface area contributed by atoms with Gasteiger partial charge < -0.3 is 15.4 Å². The Bertz CT molecular complexity index is 374. The number of aryl methyl sites for hydroxylation is 1. The van der Waals surface area contributed by atoms with Crippen molar-refractivity contribution < 1.29 is 4.74 Å². The van der Waals surface area contributed by atoms with Gasteiger partial charge in [-0.2, -0.15) is 0 Å². The molecule has 1 unspecified atom stereocenters. The maximum absolute atomic E-state index is 5.97. The van der Waals surface area contributed by atoms with E-state index in [9.17, 15) is 0 Å². The predicted octanol–water partition coefficient (Wildman–Crippen LogP) is 1.64. The number of nitrogens with zero attached hydrogens (tertiary/aromatic N) is 2. The van der Waals surface area contributed by atoms with Gasteiger partial charge in [-0.05, 0) is 26.8 Å². The van der Waals surface area contributed by atoms with Crippen molar-refractivity contribution in [2.24, 2.45) is 11.1 Å². The van der Waals surface area contributed by atoms with Crippen LogP contribution in [0.3, 0.4) is 0 Å². The molecule has 0 spiro atoms. The Kier molecular flexibility index (Phi) is 4.72. The van der Waals surface area contributed by atoms with E-state index in [1.54, 1.807) is 11.3 Å². The van der Waals surface area contributed by atoms with E-state index in [1.165, 1.54) is 11.3 Å². The number of hydrogen-bond acceptors (Lipinski definition) is 5. The molecule has 2 N–H and O–H groups in total. The van der Waals surface area contributed by atoms with Crippen molar-refractivity contribution in [3.63, 3.8) is 0 Å². The average molecular weight is 269 g/mol. The van der Waals surface area contributed by atoms with Crippen LogP contribution in [0.15, 0.2) is 5.51 Å². The topological polar surface area (TPSA) is 51.4 Å². The van der Waals surface area contributed by atoms with E-state index in [-0.39, 0.29) is 5.41 Å². The zero-order valence-electron chi connectivity index (χ0n) is 11.3. The highest BCUT2D eigenvalue weighted by Crippen LogP contribution is 2.29. The first kappa shape index (κ1) is 13.9. The van der Waals surface area contributed by atoms with Gasteiger partial charge in [0, 0.05) is 36.5 Å². The smallest absolute Gasteiger partial charge is 0.0798 e. The van der Waals surface area contributed by atoms with Gasteiger partial charge in [-0.15, -0.1) is 11.3 Å². The van der Waals surface area contributed by atoms with Crippen LogP contribution in [0.4, 0.5) is 0 Å². The summed E-state index contributed by atoms with van der Waals surface area (Å²) in [4.78, 5) is 7.99. The minimum Gasteiger partial charge on any atom is -0.381 e. The van der Waals surface area contributed by atoms with Gasteiger partial charge in [-0.3, -0.25) is 0 Å². The van der Waals surface area contributed by atoms with Gasteiger partial charge >= 0.3 is 0 Å². The predicted molar refractivity (Wildman–Crippen MR) is 74.7 cm³/mol. The molecule has 0 amide bonds. The van der Waals surface area contributed by atoms with Gasteiger partial charge in [0.05, 0.1) is 17.8 Å². The van der Waals surface area contributed by atoms with Crippen molar-refractivity contribution in [2.75, 3.05) is 33.4 Å². The fourth-order valence-electron chi connectivity index (χ4n) is 2.61. The Morgan fingerprint density at radius 2 is 2.44 bits per heavy atom. The lowest BCUT2D eigenvalue weighted by Crippen LogP contribution is -2.46. The number of thiazole rings is 1. The molecular formula is C13H23N3OS. The summed E-state index contributed by atoms with van der Waals surface area (Å²) in [5.74, 6) is 0. The molecular weight excluding hydrogens is 246 g/mol. The Morgan fingerprint density at radius 1 is 1.61 bits per heavy atom. The first-order chi connectivity index (χ1) is 8.65. The monoisotopic (exact) mass is 269 g/mol. The molecule has 102 valence electrons. The second kappa shape index (κ2) is 6.10. The van der Waals surface area contributed by atoms with Crippen molar-refractivity contribution in [1.29, 1.82) is 0 Å². The third kappa shape index (κ3) is 3.29. The molecule has 1 fully saturated rings. The maximum atomic E-state index is 5.97. The average Bonchev–Trinajstić information content (AvgIpc) is 2.76. The summed E-state index contributed by atoms with van der Waals surface area (Å²) in [7, 11) is 2.16. The van der Waals surface area contributed by atoms with Crippen molar-refractivity contribution in [3.8, 4) is 0 Å². The summed E-state index contributed by atoms with van der Waals surface area (Å²) in [6, 6.07) is 0. The van der Waals surface area contributed by atoms with E-state index >= 15 is 0 Å². The maximum Gasteiger partial charge on any atom is 0.0798 e. The fraction of sp³-hybridized carbons (Fsp3) is 0.769. The van der Waals surface area contributed by atoms with Crippen LogP contribution in [0.25, 0.3) is 0 Å². The fourth-order valence-corrected chi connectivity index (χ4v) is 3.47. The minimum absolute atomic E-state index is 0.144. The SMILES string of the molecule is Cc1ncsc1CN(C)CC1(CN)CCCOC1. The lowest BCUT2D eigenvalue weighted by molar-refractivity contribution is -0.0191. The first-order valence-electron chi connectivity index (χ1n) is 6.50. The molecule has 4 nitrogen and oxygen atoms in total. The molecule has 1 saturated heterocycles. The van der Waals surface area contributed by atoms with E-state index in [2.05, 4.69) is 23.9 Å². The molecule has 1 aromatic heterocycles. The Hall–Kier alpha value is -0.490. The first-order valence-corrected chi connectivity index (χ1v) is 7.38. The van der Waals surface area contributed by atoms with Crippen LogP contribution in [0, 0.1) is 12.3 Å². The van der Waals surface area contributed by atoms with Crippen molar-refractivity contribution in [3.05, 3.63) is 16.1 Å². The zero-order chi connectivity index (χ0) is 13.0. The lowest BCUT2D eigenvalue weighted by Gasteiger charge is -2.38. The molecule has 0 aliphatic carbocycles. The van der Waals surface area contributed by atoms with Crippen LogP contribution in [-0.4, -0.2) is 43.2 Å².